The summed E-state index contributed by atoms with van der Waals surface area (Å²) in [6, 6.07) is 3.08. The summed E-state index contributed by atoms with van der Waals surface area (Å²) in [4.78, 5) is 14.4. The van der Waals surface area contributed by atoms with Gasteiger partial charge in [-0.15, -0.1) is 0 Å². The third-order valence-electron chi connectivity index (χ3n) is 5.35. The highest BCUT2D eigenvalue weighted by molar-refractivity contribution is 5.93. The van der Waals surface area contributed by atoms with Crippen LogP contribution in [-0.4, -0.2) is 38.4 Å². The van der Waals surface area contributed by atoms with E-state index in [1.165, 1.54) is 6.07 Å². The molecule has 1 heterocycles. The highest BCUT2D eigenvalue weighted by Crippen LogP contribution is 2.36. The molecule has 1 saturated heterocycles. The molecule has 0 radical (unpaired) electrons. The maximum atomic E-state index is 13.1. The first-order valence-corrected chi connectivity index (χ1v) is 9.46. The summed E-state index contributed by atoms with van der Waals surface area (Å²) in [5.74, 6) is 0.365. The molecule has 2 fully saturated rings. The fraction of sp³-hybridized carbons (Fsp3) is 0.632. The van der Waals surface area contributed by atoms with Gasteiger partial charge < -0.3 is 20.3 Å². The predicted octanol–water partition coefficient (Wildman–Crippen LogP) is 4.24. The summed E-state index contributed by atoms with van der Waals surface area (Å²) < 4.78 is 44.7. The molecule has 1 saturated carbocycles. The second kappa shape index (κ2) is 8.37. The van der Waals surface area contributed by atoms with Crippen molar-refractivity contribution in [1.29, 1.82) is 0 Å². The number of morpholine rings is 1. The van der Waals surface area contributed by atoms with Crippen LogP contribution in [0.15, 0.2) is 18.2 Å². The molecule has 27 heavy (non-hydrogen) atoms. The van der Waals surface area contributed by atoms with Crippen molar-refractivity contribution >= 4 is 17.4 Å². The lowest BCUT2D eigenvalue weighted by atomic mass is 9.86. The first-order valence-electron chi connectivity index (χ1n) is 9.46. The van der Waals surface area contributed by atoms with Gasteiger partial charge >= 0.3 is 12.2 Å². The molecule has 0 aromatic heterocycles. The number of halogens is 3. The Labute approximate surface area is 157 Å². The van der Waals surface area contributed by atoms with Gasteiger partial charge in [-0.2, -0.15) is 13.2 Å². The monoisotopic (exact) mass is 385 g/mol. The van der Waals surface area contributed by atoms with Crippen LogP contribution >= 0.6 is 0 Å². The van der Waals surface area contributed by atoms with Crippen molar-refractivity contribution in [2.24, 2.45) is 5.92 Å². The standard InChI is InChI=1S/C19H26F3N3O2/c1-13-4-2-3-5-15(13)23-18(26)24-16-12-14(19(20,21)22)6-7-17(16)25-8-10-27-11-9-25/h6-7,12-13,15H,2-5,8-11H2,1H3,(H2,23,24,26). The molecule has 1 aliphatic heterocycles. The summed E-state index contributed by atoms with van der Waals surface area (Å²) in [6.07, 6.45) is -0.316. The van der Waals surface area contributed by atoms with Crippen LogP contribution in [0.2, 0.25) is 0 Å². The zero-order valence-corrected chi connectivity index (χ0v) is 15.4. The van der Waals surface area contributed by atoms with Crippen LogP contribution in [0, 0.1) is 5.92 Å². The Hall–Kier alpha value is -1.96. The van der Waals surface area contributed by atoms with Gasteiger partial charge in [-0.3, -0.25) is 0 Å². The van der Waals surface area contributed by atoms with E-state index in [9.17, 15) is 18.0 Å². The Morgan fingerprint density at radius 1 is 1.19 bits per heavy atom. The number of hydrogen-bond acceptors (Lipinski definition) is 3. The molecule has 2 amide bonds. The summed E-state index contributed by atoms with van der Waals surface area (Å²) in [5.41, 5.74) is -0.0216. The van der Waals surface area contributed by atoms with Crippen LogP contribution < -0.4 is 15.5 Å². The van der Waals surface area contributed by atoms with Gasteiger partial charge in [-0.05, 0) is 37.0 Å². The Kier molecular flexibility index (Phi) is 6.14. The van der Waals surface area contributed by atoms with E-state index in [2.05, 4.69) is 17.6 Å². The molecule has 1 aliphatic carbocycles. The van der Waals surface area contributed by atoms with Crippen LogP contribution in [0.3, 0.4) is 0 Å². The Balaban J connectivity index is 1.78. The first-order chi connectivity index (χ1) is 12.8. The lowest BCUT2D eigenvalue weighted by Gasteiger charge is -2.32. The van der Waals surface area contributed by atoms with E-state index in [1.54, 1.807) is 0 Å². The average Bonchev–Trinajstić information content (AvgIpc) is 2.63. The van der Waals surface area contributed by atoms with E-state index in [4.69, 9.17) is 4.74 Å². The largest absolute Gasteiger partial charge is 0.416 e. The van der Waals surface area contributed by atoms with Crippen LogP contribution in [0.5, 0.6) is 0 Å². The summed E-state index contributed by atoms with van der Waals surface area (Å²) in [6.45, 7) is 4.24. The Morgan fingerprint density at radius 2 is 1.89 bits per heavy atom. The third-order valence-corrected chi connectivity index (χ3v) is 5.35. The van der Waals surface area contributed by atoms with E-state index < -0.39 is 17.8 Å². The number of nitrogens with zero attached hydrogens (tertiary/aromatic N) is 1. The van der Waals surface area contributed by atoms with Gasteiger partial charge in [0.2, 0.25) is 0 Å². The number of carbonyl (C=O) groups is 1. The molecule has 2 aliphatic rings. The molecule has 0 spiro atoms. The van der Waals surface area contributed by atoms with Crippen molar-refractivity contribution < 1.29 is 22.7 Å². The number of amides is 2. The minimum Gasteiger partial charge on any atom is -0.378 e. The van der Waals surface area contributed by atoms with E-state index in [-0.39, 0.29) is 11.7 Å². The molecule has 8 heteroatoms. The Bertz CT molecular complexity index is 660. The zero-order chi connectivity index (χ0) is 19.4. The van der Waals surface area contributed by atoms with Crippen molar-refractivity contribution in [1.82, 2.24) is 5.32 Å². The molecule has 1 aromatic rings. The van der Waals surface area contributed by atoms with E-state index in [0.717, 1.165) is 37.8 Å². The Morgan fingerprint density at radius 3 is 2.56 bits per heavy atom. The first kappa shape index (κ1) is 19.8. The van der Waals surface area contributed by atoms with Gasteiger partial charge in [0.1, 0.15) is 0 Å². The van der Waals surface area contributed by atoms with Crippen molar-refractivity contribution in [3.05, 3.63) is 23.8 Å². The number of ether oxygens (including phenoxy) is 1. The number of urea groups is 1. The van der Waals surface area contributed by atoms with Crippen molar-refractivity contribution in [3.8, 4) is 0 Å². The molecule has 2 atom stereocenters. The van der Waals surface area contributed by atoms with Crippen LogP contribution in [0.25, 0.3) is 0 Å². The number of anilines is 2. The molecular formula is C19H26F3N3O2. The van der Waals surface area contributed by atoms with Crippen molar-refractivity contribution in [3.63, 3.8) is 0 Å². The number of nitrogens with one attached hydrogen (secondary N) is 2. The maximum absolute atomic E-state index is 13.1. The molecule has 3 rings (SSSR count). The van der Waals surface area contributed by atoms with E-state index in [0.29, 0.717) is 37.9 Å². The fourth-order valence-electron chi connectivity index (χ4n) is 3.75. The molecule has 150 valence electrons. The third kappa shape index (κ3) is 5.06. The van der Waals surface area contributed by atoms with Gasteiger partial charge in [-0.1, -0.05) is 19.8 Å². The highest BCUT2D eigenvalue weighted by atomic mass is 19.4. The van der Waals surface area contributed by atoms with Gasteiger partial charge in [0.25, 0.3) is 0 Å². The van der Waals surface area contributed by atoms with Gasteiger partial charge in [0.15, 0.2) is 0 Å². The molecule has 0 bridgehead atoms. The fourth-order valence-corrected chi connectivity index (χ4v) is 3.75. The number of rotatable bonds is 3. The van der Waals surface area contributed by atoms with Crippen LogP contribution in [0.1, 0.15) is 38.2 Å². The second-order valence-corrected chi connectivity index (χ2v) is 7.30. The minimum absolute atomic E-state index is 0.0522. The molecular weight excluding hydrogens is 359 g/mol. The number of alkyl halides is 3. The zero-order valence-electron chi connectivity index (χ0n) is 15.4. The van der Waals surface area contributed by atoms with Crippen molar-refractivity contribution in [2.75, 3.05) is 36.5 Å². The smallest absolute Gasteiger partial charge is 0.378 e. The number of benzene rings is 1. The lowest BCUT2D eigenvalue weighted by Crippen LogP contribution is -2.43. The normalized spacial score (nSPS) is 23.8. The number of hydrogen-bond donors (Lipinski definition) is 2. The van der Waals surface area contributed by atoms with E-state index >= 15 is 0 Å². The minimum atomic E-state index is -4.46. The van der Waals surface area contributed by atoms with Gasteiger partial charge in [0, 0.05) is 19.1 Å². The summed E-state index contributed by atoms with van der Waals surface area (Å²) in [5, 5.41) is 5.59. The average molecular weight is 385 g/mol. The molecule has 5 nitrogen and oxygen atoms in total. The highest BCUT2D eigenvalue weighted by Gasteiger charge is 2.32. The van der Waals surface area contributed by atoms with Crippen LogP contribution in [-0.2, 0) is 10.9 Å². The van der Waals surface area contributed by atoms with E-state index in [1.807, 2.05) is 4.90 Å². The molecule has 2 unspecified atom stereocenters. The topological polar surface area (TPSA) is 53.6 Å². The predicted molar refractivity (Wildman–Crippen MR) is 98.1 cm³/mol. The van der Waals surface area contributed by atoms with Crippen LogP contribution in [0.4, 0.5) is 29.3 Å². The van der Waals surface area contributed by atoms with Gasteiger partial charge in [0.05, 0.1) is 30.2 Å². The van der Waals surface area contributed by atoms with Crippen molar-refractivity contribution in [2.45, 2.75) is 44.8 Å². The quantitative estimate of drug-likeness (QED) is 0.818. The SMILES string of the molecule is CC1CCCCC1NC(=O)Nc1cc(C(F)(F)F)ccc1N1CCOCC1. The van der Waals surface area contributed by atoms with Gasteiger partial charge in [-0.25, -0.2) is 4.79 Å². The molecule has 1 aromatic carbocycles. The lowest BCUT2D eigenvalue weighted by molar-refractivity contribution is -0.137. The summed E-state index contributed by atoms with van der Waals surface area (Å²) >= 11 is 0. The summed E-state index contributed by atoms with van der Waals surface area (Å²) in [7, 11) is 0. The maximum Gasteiger partial charge on any atom is 0.416 e. The second-order valence-electron chi connectivity index (χ2n) is 7.30. The number of carbonyl (C=O) groups excluding carboxylic acids is 1. The molecule has 2 N–H and O–H groups in total.